The summed E-state index contributed by atoms with van der Waals surface area (Å²) in [6.07, 6.45) is 0. The Morgan fingerprint density at radius 2 is 0.667 bits per heavy atom. The van der Waals surface area contributed by atoms with Gasteiger partial charge < -0.3 is 0 Å². The summed E-state index contributed by atoms with van der Waals surface area (Å²) < 4.78 is 0. The summed E-state index contributed by atoms with van der Waals surface area (Å²) in [7, 11) is 0. The van der Waals surface area contributed by atoms with Crippen molar-refractivity contribution in [3.63, 3.8) is 0 Å². The second-order valence-corrected chi connectivity index (χ2v) is 13.9. The van der Waals surface area contributed by atoms with Gasteiger partial charge in [-0.2, -0.15) is 0 Å². The van der Waals surface area contributed by atoms with Gasteiger partial charge in [0.05, 0.1) is 0 Å². The zero-order valence-electron chi connectivity index (χ0n) is 29.2. The summed E-state index contributed by atoms with van der Waals surface area (Å²) in [5.41, 5.74) is 5.14. The van der Waals surface area contributed by atoms with Gasteiger partial charge in [-0.25, -0.2) is 15.0 Å². The zero-order valence-corrected chi connectivity index (χ0v) is 29.2. The Morgan fingerprint density at radius 1 is 0.222 bits per heavy atom. The highest BCUT2D eigenvalue weighted by atomic mass is 15.0. The molecule has 0 atom stereocenters. The van der Waals surface area contributed by atoms with E-state index in [9.17, 15) is 0 Å². The van der Waals surface area contributed by atoms with Crippen molar-refractivity contribution in [3.8, 4) is 45.3 Å². The Morgan fingerprint density at radius 3 is 1.44 bits per heavy atom. The van der Waals surface area contributed by atoms with E-state index < -0.39 is 0 Å². The predicted octanol–water partition coefficient (Wildman–Crippen LogP) is 13.5. The maximum Gasteiger partial charge on any atom is 0.164 e. The van der Waals surface area contributed by atoms with Crippen LogP contribution in [0, 0.1) is 0 Å². The van der Waals surface area contributed by atoms with Crippen molar-refractivity contribution in [2.75, 3.05) is 0 Å². The Balaban J connectivity index is 1.21. The number of hydrogen-bond acceptors (Lipinski definition) is 3. The lowest BCUT2D eigenvalue weighted by Gasteiger charge is -2.16. The van der Waals surface area contributed by atoms with Crippen LogP contribution in [0.1, 0.15) is 0 Å². The summed E-state index contributed by atoms with van der Waals surface area (Å²) in [4.78, 5) is 16.0. The van der Waals surface area contributed by atoms with E-state index in [-0.39, 0.29) is 0 Å². The second-order valence-electron chi connectivity index (χ2n) is 13.9. The molecule has 3 nitrogen and oxygen atoms in total. The molecule has 1 aromatic heterocycles. The lowest BCUT2D eigenvalue weighted by atomic mass is 9.90. The highest BCUT2D eigenvalue weighted by Gasteiger charge is 2.20. The molecule has 1 heterocycles. The van der Waals surface area contributed by atoms with Crippen LogP contribution < -0.4 is 0 Å². The first-order chi connectivity index (χ1) is 26.8. The zero-order chi connectivity index (χ0) is 35.6. The Hall–Kier alpha value is -7.23. The van der Waals surface area contributed by atoms with E-state index in [4.69, 9.17) is 15.0 Å². The molecule has 0 amide bonds. The van der Waals surface area contributed by atoms with Crippen molar-refractivity contribution in [1.29, 1.82) is 0 Å². The molecule has 10 aromatic carbocycles. The molecule has 11 rings (SSSR count). The highest BCUT2D eigenvalue weighted by molar-refractivity contribution is 6.21. The van der Waals surface area contributed by atoms with Gasteiger partial charge >= 0.3 is 0 Å². The molecule has 11 aromatic rings. The van der Waals surface area contributed by atoms with Crippen LogP contribution in [-0.4, -0.2) is 15.0 Å². The van der Waals surface area contributed by atoms with Crippen molar-refractivity contribution in [1.82, 2.24) is 15.0 Å². The summed E-state index contributed by atoms with van der Waals surface area (Å²) in [5.74, 6) is 1.93. The molecular weight excluding hydrogens is 655 g/mol. The topological polar surface area (TPSA) is 38.7 Å². The molecular formula is C51H31N3. The van der Waals surface area contributed by atoms with E-state index in [1.807, 2.05) is 0 Å². The van der Waals surface area contributed by atoms with Gasteiger partial charge in [-0.1, -0.05) is 182 Å². The van der Waals surface area contributed by atoms with E-state index in [1.54, 1.807) is 0 Å². The smallest absolute Gasteiger partial charge is 0.164 e. The maximum absolute atomic E-state index is 5.38. The van der Waals surface area contributed by atoms with Crippen molar-refractivity contribution in [2.24, 2.45) is 0 Å². The second kappa shape index (κ2) is 12.2. The van der Waals surface area contributed by atoms with E-state index in [0.717, 1.165) is 49.4 Å². The van der Waals surface area contributed by atoms with Crippen LogP contribution in [0.3, 0.4) is 0 Å². The molecule has 0 aliphatic heterocycles. The Kier molecular flexibility index (Phi) is 6.86. The van der Waals surface area contributed by atoms with Gasteiger partial charge in [-0.3, -0.25) is 0 Å². The fourth-order valence-electron chi connectivity index (χ4n) is 8.41. The fraction of sp³-hybridized carbons (Fsp3) is 0. The largest absolute Gasteiger partial charge is 0.208 e. The Labute approximate surface area is 311 Å². The van der Waals surface area contributed by atoms with Crippen LogP contribution in [-0.2, 0) is 0 Å². The molecule has 0 saturated carbocycles. The summed E-state index contributed by atoms with van der Waals surface area (Å²) in [5, 5.41) is 14.3. The molecule has 250 valence electrons. The van der Waals surface area contributed by atoms with Crippen LogP contribution in [0.4, 0.5) is 0 Å². The average Bonchev–Trinajstić information content (AvgIpc) is 3.25. The lowest BCUT2D eigenvalue weighted by molar-refractivity contribution is 1.08. The van der Waals surface area contributed by atoms with Gasteiger partial charge in [0.2, 0.25) is 0 Å². The maximum atomic E-state index is 5.38. The number of benzene rings is 10. The third-order valence-corrected chi connectivity index (χ3v) is 10.9. The fourth-order valence-corrected chi connectivity index (χ4v) is 8.41. The van der Waals surface area contributed by atoms with E-state index in [0.29, 0.717) is 17.5 Å². The molecule has 0 aliphatic carbocycles. The van der Waals surface area contributed by atoms with Crippen LogP contribution in [0.5, 0.6) is 0 Å². The first kappa shape index (κ1) is 30.4. The third kappa shape index (κ3) is 4.79. The SMILES string of the molecule is c1ccc(-c2cccc3ccc4c5ccccc5ccc4c23)c(-c2nc(-c3cccc4ccccc34)nc(-c3cc4ccccc4c4ccccc34)n2)c1. The van der Waals surface area contributed by atoms with Gasteiger partial charge in [-0.15, -0.1) is 0 Å². The minimum atomic E-state index is 0.637. The average molecular weight is 686 g/mol. The molecule has 0 aliphatic rings. The Bertz CT molecular complexity index is 3280. The summed E-state index contributed by atoms with van der Waals surface area (Å²) in [6, 6.07) is 67.0. The van der Waals surface area contributed by atoms with E-state index in [1.165, 1.54) is 43.1 Å². The molecule has 0 spiro atoms. The molecule has 54 heavy (non-hydrogen) atoms. The third-order valence-electron chi connectivity index (χ3n) is 10.9. The molecule has 0 saturated heterocycles. The van der Waals surface area contributed by atoms with Crippen molar-refractivity contribution in [3.05, 3.63) is 188 Å². The minimum Gasteiger partial charge on any atom is -0.208 e. The molecule has 0 radical (unpaired) electrons. The van der Waals surface area contributed by atoms with Gasteiger partial charge in [0.15, 0.2) is 17.5 Å². The van der Waals surface area contributed by atoms with E-state index >= 15 is 0 Å². The summed E-state index contributed by atoms with van der Waals surface area (Å²) >= 11 is 0. The van der Waals surface area contributed by atoms with Crippen LogP contribution >= 0.6 is 0 Å². The monoisotopic (exact) mass is 685 g/mol. The van der Waals surface area contributed by atoms with Gasteiger partial charge in [0, 0.05) is 16.7 Å². The minimum absolute atomic E-state index is 0.637. The molecule has 0 fully saturated rings. The normalized spacial score (nSPS) is 11.7. The molecule has 3 heteroatoms. The number of fused-ring (bicyclic) bond motifs is 9. The number of rotatable bonds is 4. The molecule has 0 bridgehead atoms. The highest BCUT2D eigenvalue weighted by Crippen LogP contribution is 2.42. The lowest BCUT2D eigenvalue weighted by Crippen LogP contribution is -2.02. The number of nitrogens with zero attached hydrogens (tertiary/aromatic N) is 3. The first-order valence-electron chi connectivity index (χ1n) is 18.4. The van der Waals surface area contributed by atoms with Gasteiger partial charge in [0.1, 0.15) is 0 Å². The molecule has 0 unspecified atom stereocenters. The van der Waals surface area contributed by atoms with Crippen molar-refractivity contribution < 1.29 is 0 Å². The predicted molar refractivity (Wildman–Crippen MR) is 227 cm³/mol. The van der Waals surface area contributed by atoms with Crippen molar-refractivity contribution >= 4 is 64.6 Å². The first-order valence-corrected chi connectivity index (χ1v) is 18.4. The number of hydrogen-bond donors (Lipinski definition) is 0. The van der Waals surface area contributed by atoms with E-state index in [2.05, 4.69) is 188 Å². The van der Waals surface area contributed by atoms with Crippen molar-refractivity contribution in [2.45, 2.75) is 0 Å². The van der Waals surface area contributed by atoms with Crippen LogP contribution in [0.25, 0.3) is 110 Å². The number of aromatic nitrogens is 3. The molecule has 0 N–H and O–H groups in total. The van der Waals surface area contributed by atoms with Gasteiger partial charge in [0.25, 0.3) is 0 Å². The van der Waals surface area contributed by atoms with Gasteiger partial charge in [-0.05, 0) is 81.8 Å². The quantitative estimate of drug-likeness (QED) is 0.173. The van der Waals surface area contributed by atoms with Crippen LogP contribution in [0.15, 0.2) is 188 Å². The summed E-state index contributed by atoms with van der Waals surface area (Å²) in [6.45, 7) is 0. The standard InChI is InChI=1S/C51H31N3/c1-5-19-37-32(13-1)16-11-26-45(37)49-52-50(54-51(53-49)47-31-35-15-3-6-20-38(35)39-21-7-8-22-40(39)47)46-24-10-9-23-41(46)43-25-12-17-34-28-29-42-36-18-4-2-14-33(36)27-30-44(42)48(34)43/h1-31H. The van der Waals surface area contributed by atoms with Crippen LogP contribution in [0.2, 0.25) is 0 Å².